The topological polar surface area (TPSA) is 67.4 Å². The van der Waals surface area contributed by atoms with Gasteiger partial charge in [0.1, 0.15) is 5.75 Å². The summed E-state index contributed by atoms with van der Waals surface area (Å²) < 4.78 is 45.6. The van der Waals surface area contributed by atoms with Crippen LogP contribution in [0.2, 0.25) is 0 Å². The van der Waals surface area contributed by atoms with Crippen LogP contribution in [-0.2, 0) is 11.0 Å². The lowest BCUT2D eigenvalue weighted by molar-refractivity contribution is -0.137. The molecule has 0 spiro atoms. The molecule has 2 N–H and O–H groups in total. The number of hydrogen-bond donors (Lipinski definition) is 2. The Balaban J connectivity index is 2.12. The van der Waals surface area contributed by atoms with Crippen molar-refractivity contribution in [1.82, 2.24) is 0 Å². The Morgan fingerprint density at radius 2 is 1.69 bits per heavy atom. The van der Waals surface area contributed by atoms with Crippen LogP contribution in [0.3, 0.4) is 0 Å². The first-order valence-electron chi connectivity index (χ1n) is 9.23. The van der Waals surface area contributed by atoms with Crippen molar-refractivity contribution in [3.63, 3.8) is 0 Å². The molecule has 2 amide bonds. The maximum Gasteiger partial charge on any atom is 0.418 e. The van der Waals surface area contributed by atoms with Crippen molar-refractivity contribution in [2.45, 2.75) is 39.3 Å². The Morgan fingerprint density at radius 1 is 1.00 bits per heavy atom. The second-order valence-electron chi connectivity index (χ2n) is 6.47. The van der Waals surface area contributed by atoms with Crippen LogP contribution >= 0.6 is 0 Å². The summed E-state index contributed by atoms with van der Waals surface area (Å²) in [5.74, 6) is -0.583. The van der Waals surface area contributed by atoms with Gasteiger partial charge in [-0.05, 0) is 48.9 Å². The highest BCUT2D eigenvalue weighted by atomic mass is 19.4. The molecule has 0 radical (unpaired) electrons. The van der Waals surface area contributed by atoms with E-state index >= 15 is 0 Å². The van der Waals surface area contributed by atoms with Gasteiger partial charge in [-0.2, -0.15) is 13.2 Å². The summed E-state index contributed by atoms with van der Waals surface area (Å²) in [6.45, 7) is 3.85. The van der Waals surface area contributed by atoms with Gasteiger partial charge in [0.05, 0.1) is 17.9 Å². The minimum absolute atomic E-state index is 0.00704. The van der Waals surface area contributed by atoms with Crippen LogP contribution in [-0.4, -0.2) is 18.4 Å². The minimum atomic E-state index is -4.70. The Labute approximate surface area is 167 Å². The number of ether oxygens (including phenoxy) is 1. The lowest BCUT2D eigenvalue weighted by Crippen LogP contribution is -2.17. The van der Waals surface area contributed by atoms with E-state index in [1.54, 1.807) is 12.1 Å². The first-order chi connectivity index (χ1) is 13.7. The van der Waals surface area contributed by atoms with Crippen molar-refractivity contribution < 1.29 is 27.5 Å². The van der Waals surface area contributed by atoms with E-state index in [0.29, 0.717) is 12.4 Å². The Hall–Kier alpha value is -3.03. The normalized spacial score (nSPS) is 11.1. The average molecular weight is 408 g/mol. The number of nitrogens with one attached hydrogen (secondary N) is 2. The molecule has 0 aromatic heterocycles. The van der Waals surface area contributed by atoms with E-state index < -0.39 is 29.2 Å². The monoisotopic (exact) mass is 408 g/mol. The lowest BCUT2D eigenvalue weighted by Gasteiger charge is -2.15. The van der Waals surface area contributed by atoms with E-state index in [1.807, 2.05) is 0 Å². The largest absolute Gasteiger partial charge is 0.494 e. The van der Waals surface area contributed by atoms with Crippen molar-refractivity contribution in [2.24, 2.45) is 0 Å². The van der Waals surface area contributed by atoms with Crippen LogP contribution in [0.15, 0.2) is 42.5 Å². The molecule has 0 atom stereocenters. The van der Waals surface area contributed by atoms with E-state index in [-0.39, 0.29) is 11.3 Å². The molecule has 0 fully saturated rings. The minimum Gasteiger partial charge on any atom is -0.494 e. The molecule has 0 aliphatic carbocycles. The molecular formula is C21H23F3N2O3. The Kier molecular flexibility index (Phi) is 7.64. The van der Waals surface area contributed by atoms with Crippen LogP contribution in [0, 0.1) is 0 Å². The summed E-state index contributed by atoms with van der Waals surface area (Å²) in [5.41, 5.74) is -1.25. The van der Waals surface area contributed by atoms with E-state index in [9.17, 15) is 22.8 Å². The van der Waals surface area contributed by atoms with Gasteiger partial charge in [0.2, 0.25) is 5.91 Å². The van der Waals surface area contributed by atoms with Gasteiger partial charge in [0, 0.05) is 18.2 Å². The van der Waals surface area contributed by atoms with E-state index in [0.717, 1.165) is 31.4 Å². The summed E-state index contributed by atoms with van der Waals surface area (Å²) in [6.07, 6.45) is -1.64. The van der Waals surface area contributed by atoms with Gasteiger partial charge in [-0.1, -0.05) is 19.8 Å². The first kappa shape index (κ1) is 22.3. The van der Waals surface area contributed by atoms with Crippen LogP contribution in [0.5, 0.6) is 5.75 Å². The zero-order valence-electron chi connectivity index (χ0n) is 16.2. The van der Waals surface area contributed by atoms with Gasteiger partial charge in [0.25, 0.3) is 5.91 Å². The maximum absolute atomic E-state index is 13.4. The number of amides is 2. The summed E-state index contributed by atoms with van der Waals surface area (Å²) in [7, 11) is 0. The number of anilines is 2. The van der Waals surface area contributed by atoms with Gasteiger partial charge in [0.15, 0.2) is 0 Å². The van der Waals surface area contributed by atoms with Crippen molar-refractivity contribution in [3.05, 3.63) is 53.6 Å². The zero-order valence-corrected chi connectivity index (χ0v) is 16.2. The number of halogens is 3. The maximum atomic E-state index is 13.4. The molecule has 2 rings (SSSR count). The van der Waals surface area contributed by atoms with Crippen LogP contribution < -0.4 is 15.4 Å². The van der Waals surface area contributed by atoms with Crippen molar-refractivity contribution in [1.29, 1.82) is 0 Å². The summed E-state index contributed by atoms with van der Waals surface area (Å²) >= 11 is 0. The highest BCUT2D eigenvalue weighted by Crippen LogP contribution is 2.36. The SMILES string of the molecule is CCCCCOc1ccc(C(=O)Nc2ccc(NC(C)=O)cc2C(F)(F)F)cc1. The molecule has 0 unspecified atom stereocenters. The first-order valence-corrected chi connectivity index (χ1v) is 9.23. The van der Waals surface area contributed by atoms with E-state index in [1.165, 1.54) is 25.1 Å². The molecule has 29 heavy (non-hydrogen) atoms. The van der Waals surface area contributed by atoms with E-state index in [4.69, 9.17) is 4.74 Å². The van der Waals surface area contributed by atoms with E-state index in [2.05, 4.69) is 17.6 Å². The Morgan fingerprint density at radius 3 is 2.28 bits per heavy atom. The summed E-state index contributed by atoms with van der Waals surface area (Å²) in [4.78, 5) is 23.5. The lowest BCUT2D eigenvalue weighted by atomic mass is 10.1. The Bertz CT molecular complexity index is 849. The molecule has 0 bridgehead atoms. The second kappa shape index (κ2) is 9.95. The van der Waals surface area contributed by atoms with Crippen molar-refractivity contribution in [3.8, 4) is 5.75 Å². The van der Waals surface area contributed by atoms with Gasteiger partial charge in [-0.3, -0.25) is 9.59 Å². The quantitative estimate of drug-likeness (QED) is 0.568. The smallest absolute Gasteiger partial charge is 0.418 e. The number of carbonyl (C=O) groups is 2. The molecule has 0 saturated carbocycles. The van der Waals surface area contributed by atoms with Gasteiger partial charge in [-0.25, -0.2) is 0 Å². The van der Waals surface area contributed by atoms with Gasteiger partial charge in [-0.15, -0.1) is 0 Å². The van der Waals surface area contributed by atoms with Crippen molar-refractivity contribution in [2.75, 3.05) is 17.2 Å². The molecular weight excluding hydrogens is 385 g/mol. The average Bonchev–Trinajstić information content (AvgIpc) is 2.65. The molecule has 0 heterocycles. The van der Waals surface area contributed by atoms with Crippen LogP contribution in [0.4, 0.5) is 24.5 Å². The zero-order chi connectivity index (χ0) is 21.4. The third-order valence-corrected chi connectivity index (χ3v) is 4.03. The fourth-order valence-corrected chi connectivity index (χ4v) is 2.61. The van der Waals surface area contributed by atoms with Gasteiger partial charge < -0.3 is 15.4 Å². The summed E-state index contributed by atoms with van der Waals surface area (Å²) in [5, 5.41) is 4.58. The third kappa shape index (κ3) is 6.81. The fraction of sp³-hybridized carbons (Fsp3) is 0.333. The van der Waals surface area contributed by atoms with Crippen molar-refractivity contribution >= 4 is 23.2 Å². The van der Waals surface area contributed by atoms with Crippen LogP contribution in [0.1, 0.15) is 49.0 Å². The molecule has 0 aliphatic rings. The number of hydrogen-bond acceptors (Lipinski definition) is 3. The number of unbranched alkanes of at least 4 members (excludes halogenated alkanes) is 2. The molecule has 2 aromatic carbocycles. The number of alkyl halides is 3. The van der Waals surface area contributed by atoms with Gasteiger partial charge >= 0.3 is 6.18 Å². The fourth-order valence-electron chi connectivity index (χ4n) is 2.61. The molecule has 8 heteroatoms. The molecule has 5 nitrogen and oxygen atoms in total. The molecule has 0 aliphatic heterocycles. The summed E-state index contributed by atoms with van der Waals surface area (Å²) in [6, 6.07) is 9.37. The molecule has 156 valence electrons. The third-order valence-electron chi connectivity index (χ3n) is 4.03. The number of benzene rings is 2. The molecule has 2 aromatic rings. The number of carbonyl (C=O) groups excluding carboxylic acids is 2. The molecule has 0 saturated heterocycles. The predicted molar refractivity (Wildman–Crippen MR) is 105 cm³/mol. The second-order valence-corrected chi connectivity index (χ2v) is 6.47. The van der Waals surface area contributed by atoms with Crippen LogP contribution in [0.25, 0.3) is 0 Å². The predicted octanol–water partition coefficient (Wildman–Crippen LogP) is 5.49. The standard InChI is InChI=1S/C21H23F3N2O3/c1-3-4-5-12-29-17-9-6-15(7-10-17)20(28)26-19-11-8-16(25-14(2)27)13-18(19)21(22,23)24/h6-11,13H,3-5,12H2,1-2H3,(H,25,27)(H,26,28). The highest BCUT2D eigenvalue weighted by molar-refractivity contribution is 6.05. The highest BCUT2D eigenvalue weighted by Gasteiger charge is 2.34. The number of rotatable bonds is 8.